The van der Waals surface area contributed by atoms with Crippen LogP contribution in [-0.2, 0) is 5.41 Å². The van der Waals surface area contributed by atoms with Crippen molar-refractivity contribution < 1.29 is 9.84 Å². The highest BCUT2D eigenvalue weighted by atomic mass is 16.5. The number of ether oxygens (including phenoxy) is 1. The van der Waals surface area contributed by atoms with Gasteiger partial charge in [-0.1, -0.05) is 19.9 Å². The van der Waals surface area contributed by atoms with Gasteiger partial charge in [0, 0.05) is 5.56 Å². The molecule has 1 aliphatic heterocycles. The summed E-state index contributed by atoms with van der Waals surface area (Å²) in [5.41, 5.74) is 2.33. The maximum Gasteiger partial charge on any atom is 0.123 e. The Bertz CT molecular complexity index is 367. The van der Waals surface area contributed by atoms with E-state index in [1.807, 2.05) is 12.1 Å². The van der Waals surface area contributed by atoms with Crippen molar-refractivity contribution in [1.82, 2.24) is 0 Å². The van der Waals surface area contributed by atoms with Gasteiger partial charge in [0.2, 0.25) is 0 Å². The highest BCUT2D eigenvalue weighted by molar-refractivity contribution is 5.43. The molecule has 0 radical (unpaired) electrons. The van der Waals surface area contributed by atoms with Crippen LogP contribution in [0, 0.1) is 0 Å². The van der Waals surface area contributed by atoms with Crippen molar-refractivity contribution in [1.29, 1.82) is 0 Å². The number of rotatable bonds is 1. The van der Waals surface area contributed by atoms with Gasteiger partial charge in [0.1, 0.15) is 5.75 Å². The summed E-state index contributed by atoms with van der Waals surface area (Å²) in [5.74, 6) is 0.968. The van der Waals surface area contributed by atoms with Crippen LogP contribution in [0.15, 0.2) is 18.2 Å². The SMILES string of the molecule is CC(O)c1ccc2c(c1)C(C)(C)CCO2. The van der Waals surface area contributed by atoms with Gasteiger partial charge in [-0.05, 0) is 36.5 Å². The topological polar surface area (TPSA) is 29.5 Å². The fourth-order valence-electron chi connectivity index (χ4n) is 2.01. The predicted molar refractivity (Wildman–Crippen MR) is 60.2 cm³/mol. The zero-order valence-corrected chi connectivity index (χ0v) is 9.58. The van der Waals surface area contributed by atoms with Crippen molar-refractivity contribution in [2.45, 2.75) is 38.7 Å². The van der Waals surface area contributed by atoms with E-state index in [4.69, 9.17) is 4.74 Å². The molecule has 0 spiro atoms. The van der Waals surface area contributed by atoms with Gasteiger partial charge in [-0.15, -0.1) is 0 Å². The van der Waals surface area contributed by atoms with Crippen LogP contribution in [-0.4, -0.2) is 11.7 Å². The van der Waals surface area contributed by atoms with Crippen molar-refractivity contribution in [2.24, 2.45) is 0 Å². The molecule has 1 aromatic carbocycles. The Balaban J connectivity index is 2.49. The van der Waals surface area contributed by atoms with Crippen molar-refractivity contribution in [2.75, 3.05) is 6.61 Å². The first kappa shape index (κ1) is 10.5. The van der Waals surface area contributed by atoms with E-state index < -0.39 is 6.10 Å². The third-order valence-electron chi connectivity index (χ3n) is 3.20. The quantitative estimate of drug-likeness (QED) is 0.765. The minimum atomic E-state index is -0.409. The molecule has 2 heteroatoms. The first-order valence-corrected chi connectivity index (χ1v) is 5.46. The third kappa shape index (κ3) is 1.86. The molecule has 0 saturated carbocycles. The van der Waals surface area contributed by atoms with E-state index in [1.54, 1.807) is 6.92 Å². The molecule has 1 aromatic rings. The van der Waals surface area contributed by atoms with Crippen molar-refractivity contribution >= 4 is 0 Å². The summed E-state index contributed by atoms with van der Waals surface area (Å²) in [6.07, 6.45) is 0.622. The van der Waals surface area contributed by atoms with Gasteiger partial charge in [-0.2, -0.15) is 0 Å². The monoisotopic (exact) mass is 206 g/mol. The Morgan fingerprint density at radius 1 is 1.40 bits per heavy atom. The second-order valence-electron chi connectivity index (χ2n) is 4.91. The van der Waals surface area contributed by atoms with Gasteiger partial charge in [0.15, 0.2) is 0 Å². The molecule has 15 heavy (non-hydrogen) atoms. The van der Waals surface area contributed by atoms with Gasteiger partial charge in [0.05, 0.1) is 12.7 Å². The van der Waals surface area contributed by atoms with E-state index >= 15 is 0 Å². The lowest BCUT2D eigenvalue weighted by molar-refractivity contribution is 0.197. The lowest BCUT2D eigenvalue weighted by Gasteiger charge is -2.33. The molecule has 2 nitrogen and oxygen atoms in total. The first-order chi connectivity index (χ1) is 7.00. The molecule has 0 bridgehead atoms. The molecule has 0 aromatic heterocycles. The Morgan fingerprint density at radius 3 is 2.80 bits per heavy atom. The Hall–Kier alpha value is -1.02. The van der Waals surface area contributed by atoms with Crippen LogP contribution >= 0.6 is 0 Å². The van der Waals surface area contributed by atoms with Gasteiger partial charge >= 0.3 is 0 Å². The van der Waals surface area contributed by atoms with Crippen molar-refractivity contribution in [3.63, 3.8) is 0 Å². The highest BCUT2D eigenvalue weighted by Gasteiger charge is 2.28. The summed E-state index contributed by atoms with van der Waals surface area (Å²) < 4.78 is 5.61. The van der Waals surface area contributed by atoms with Gasteiger partial charge in [-0.3, -0.25) is 0 Å². The molecule has 0 aliphatic carbocycles. The van der Waals surface area contributed by atoms with Crippen molar-refractivity contribution in [3.8, 4) is 5.75 Å². The van der Waals surface area contributed by atoms with Gasteiger partial charge < -0.3 is 9.84 Å². The Labute approximate surface area is 90.9 Å². The Morgan fingerprint density at radius 2 is 2.13 bits per heavy atom. The average Bonchev–Trinajstić information content (AvgIpc) is 2.17. The zero-order chi connectivity index (χ0) is 11.1. The van der Waals surface area contributed by atoms with E-state index in [1.165, 1.54) is 5.56 Å². The minimum Gasteiger partial charge on any atom is -0.493 e. The molecule has 2 rings (SSSR count). The molecule has 0 fully saturated rings. The molecule has 1 atom stereocenters. The van der Waals surface area contributed by atoms with Crippen LogP contribution < -0.4 is 4.74 Å². The molecular formula is C13H18O2. The molecule has 1 unspecified atom stereocenters. The summed E-state index contributed by atoms with van der Waals surface area (Å²) in [6, 6.07) is 5.97. The number of benzene rings is 1. The lowest BCUT2D eigenvalue weighted by atomic mass is 9.79. The second kappa shape index (κ2) is 3.53. The van der Waals surface area contributed by atoms with Crippen molar-refractivity contribution in [3.05, 3.63) is 29.3 Å². The van der Waals surface area contributed by atoms with E-state index in [9.17, 15) is 5.11 Å². The molecule has 0 amide bonds. The molecule has 1 heterocycles. The predicted octanol–water partition coefficient (Wildman–Crippen LogP) is 2.80. The number of hydrogen-bond donors (Lipinski definition) is 1. The number of aliphatic hydroxyl groups is 1. The smallest absolute Gasteiger partial charge is 0.123 e. The minimum absolute atomic E-state index is 0.151. The van der Waals surface area contributed by atoms with Crippen LogP contribution in [0.1, 0.15) is 44.4 Å². The van der Waals surface area contributed by atoms with Gasteiger partial charge in [-0.25, -0.2) is 0 Å². The summed E-state index contributed by atoms with van der Waals surface area (Å²) in [4.78, 5) is 0. The van der Waals surface area contributed by atoms with E-state index in [2.05, 4.69) is 19.9 Å². The summed E-state index contributed by atoms with van der Waals surface area (Å²) in [7, 11) is 0. The number of aliphatic hydroxyl groups excluding tert-OH is 1. The molecule has 1 N–H and O–H groups in total. The van der Waals surface area contributed by atoms with E-state index in [0.29, 0.717) is 0 Å². The maximum absolute atomic E-state index is 9.55. The molecular weight excluding hydrogens is 188 g/mol. The van der Waals surface area contributed by atoms with E-state index in [-0.39, 0.29) is 5.41 Å². The second-order valence-corrected chi connectivity index (χ2v) is 4.91. The maximum atomic E-state index is 9.55. The number of fused-ring (bicyclic) bond motifs is 1. The van der Waals surface area contributed by atoms with Crippen LogP contribution in [0.3, 0.4) is 0 Å². The normalized spacial score (nSPS) is 20.3. The summed E-state index contributed by atoms with van der Waals surface area (Å²) in [5, 5.41) is 9.55. The highest BCUT2D eigenvalue weighted by Crippen LogP contribution is 2.39. The third-order valence-corrected chi connectivity index (χ3v) is 3.20. The molecule has 1 aliphatic rings. The lowest BCUT2D eigenvalue weighted by Crippen LogP contribution is -2.26. The largest absolute Gasteiger partial charge is 0.493 e. The fourth-order valence-corrected chi connectivity index (χ4v) is 2.01. The molecule has 82 valence electrons. The van der Waals surface area contributed by atoms with Crippen LogP contribution in [0.4, 0.5) is 0 Å². The van der Waals surface area contributed by atoms with Crippen LogP contribution in [0.5, 0.6) is 5.75 Å². The standard InChI is InChI=1S/C13H18O2/c1-9(14)10-4-5-12-11(8-10)13(2,3)6-7-15-12/h4-5,8-9,14H,6-7H2,1-3H3. The Kier molecular flexibility index (Phi) is 2.47. The first-order valence-electron chi connectivity index (χ1n) is 5.46. The van der Waals surface area contributed by atoms with E-state index in [0.717, 1.165) is 24.3 Å². The fraction of sp³-hybridized carbons (Fsp3) is 0.538. The summed E-state index contributed by atoms with van der Waals surface area (Å²) in [6.45, 7) is 7.02. The molecule has 0 saturated heterocycles. The van der Waals surface area contributed by atoms with Crippen LogP contribution in [0.2, 0.25) is 0 Å². The number of hydrogen-bond acceptors (Lipinski definition) is 2. The van der Waals surface area contributed by atoms with Gasteiger partial charge in [0.25, 0.3) is 0 Å². The average molecular weight is 206 g/mol. The van der Waals surface area contributed by atoms with Crippen LogP contribution in [0.25, 0.3) is 0 Å². The summed E-state index contributed by atoms with van der Waals surface area (Å²) >= 11 is 0. The zero-order valence-electron chi connectivity index (χ0n) is 9.58.